The number of amides is 2. The van der Waals surface area contributed by atoms with Gasteiger partial charge in [0.05, 0.1) is 17.7 Å². The van der Waals surface area contributed by atoms with Crippen LogP contribution in [0.2, 0.25) is 10.0 Å². The van der Waals surface area contributed by atoms with E-state index in [4.69, 9.17) is 27.9 Å². The number of ether oxygens (including phenoxy) is 1. The molecule has 122 valence electrons. The van der Waals surface area contributed by atoms with Crippen molar-refractivity contribution in [2.75, 3.05) is 12.0 Å². The molecule has 0 radical (unpaired) electrons. The fraction of sp³-hybridized carbons (Fsp3) is 0.0588. The molecule has 1 fully saturated rings. The molecule has 0 aliphatic carbocycles. The summed E-state index contributed by atoms with van der Waals surface area (Å²) in [6, 6.07) is 11.7. The maximum Gasteiger partial charge on any atom is 0.298 e. The average molecular weight is 380 g/mol. The zero-order valence-corrected chi connectivity index (χ0v) is 14.8. The van der Waals surface area contributed by atoms with Gasteiger partial charge in [-0.2, -0.15) is 0 Å². The number of methoxy groups -OCH3 is 1. The Bertz CT molecular complexity index is 829. The Hall–Kier alpha value is -1.95. The molecule has 0 spiro atoms. The van der Waals surface area contributed by atoms with Gasteiger partial charge in [-0.05, 0) is 54.2 Å². The fourth-order valence-corrected chi connectivity index (χ4v) is 3.53. The van der Waals surface area contributed by atoms with Crippen LogP contribution >= 0.6 is 35.0 Å². The van der Waals surface area contributed by atoms with Crippen LogP contribution in [-0.4, -0.2) is 18.3 Å². The van der Waals surface area contributed by atoms with Gasteiger partial charge >= 0.3 is 0 Å². The third-order valence-electron chi connectivity index (χ3n) is 3.40. The van der Waals surface area contributed by atoms with E-state index in [1.54, 1.807) is 55.7 Å². The number of carbonyl (C=O) groups is 2. The summed E-state index contributed by atoms with van der Waals surface area (Å²) in [6.45, 7) is 0. The van der Waals surface area contributed by atoms with Crippen LogP contribution in [0.15, 0.2) is 47.4 Å². The van der Waals surface area contributed by atoms with Crippen molar-refractivity contribution < 1.29 is 14.3 Å². The molecule has 2 aromatic carbocycles. The summed E-state index contributed by atoms with van der Waals surface area (Å²) in [4.78, 5) is 26.2. The Balaban J connectivity index is 1.95. The predicted molar refractivity (Wildman–Crippen MR) is 97.9 cm³/mol. The number of hydrogen-bond donors (Lipinski definition) is 0. The maximum absolute atomic E-state index is 12.6. The van der Waals surface area contributed by atoms with Gasteiger partial charge in [-0.1, -0.05) is 29.3 Å². The maximum atomic E-state index is 12.6. The van der Waals surface area contributed by atoms with Crippen LogP contribution in [-0.2, 0) is 4.79 Å². The Kier molecular flexibility index (Phi) is 4.85. The van der Waals surface area contributed by atoms with E-state index in [1.807, 2.05) is 0 Å². The Labute approximate surface area is 153 Å². The number of imide groups is 1. The average Bonchev–Trinajstić information content (AvgIpc) is 2.85. The van der Waals surface area contributed by atoms with Crippen LogP contribution in [0.5, 0.6) is 5.75 Å². The van der Waals surface area contributed by atoms with E-state index in [9.17, 15) is 9.59 Å². The number of thioether (sulfide) groups is 1. The molecule has 3 rings (SSSR count). The summed E-state index contributed by atoms with van der Waals surface area (Å²) < 4.78 is 5.08. The SMILES string of the molecule is COc1ccc(N2C(=O)SC(=Cc3c(Cl)cccc3Cl)C2=O)cc1. The molecule has 0 atom stereocenters. The molecule has 2 amide bonds. The highest BCUT2D eigenvalue weighted by molar-refractivity contribution is 8.19. The largest absolute Gasteiger partial charge is 0.497 e. The molecule has 24 heavy (non-hydrogen) atoms. The Morgan fingerprint density at radius 2 is 1.67 bits per heavy atom. The van der Waals surface area contributed by atoms with Gasteiger partial charge in [-0.25, -0.2) is 4.90 Å². The minimum atomic E-state index is -0.411. The molecule has 7 heteroatoms. The van der Waals surface area contributed by atoms with Crippen molar-refractivity contribution in [1.82, 2.24) is 0 Å². The summed E-state index contributed by atoms with van der Waals surface area (Å²) in [6.07, 6.45) is 1.54. The second-order valence-electron chi connectivity index (χ2n) is 4.85. The van der Waals surface area contributed by atoms with Crippen LogP contribution in [0, 0.1) is 0 Å². The third-order valence-corrected chi connectivity index (χ3v) is 4.93. The van der Waals surface area contributed by atoms with Crippen molar-refractivity contribution in [3.63, 3.8) is 0 Å². The lowest BCUT2D eigenvalue weighted by Gasteiger charge is -2.12. The van der Waals surface area contributed by atoms with Gasteiger partial charge in [-0.3, -0.25) is 9.59 Å². The number of carbonyl (C=O) groups excluding carboxylic acids is 2. The Morgan fingerprint density at radius 1 is 1.04 bits per heavy atom. The summed E-state index contributed by atoms with van der Waals surface area (Å²) >= 11 is 13.1. The highest BCUT2D eigenvalue weighted by Crippen LogP contribution is 2.38. The van der Waals surface area contributed by atoms with E-state index in [2.05, 4.69) is 0 Å². The minimum Gasteiger partial charge on any atom is -0.497 e. The van der Waals surface area contributed by atoms with Gasteiger partial charge in [0.1, 0.15) is 5.75 Å². The number of nitrogens with zero attached hydrogens (tertiary/aromatic N) is 1. The third kappa shape index (κ3) is 3.15. The molecular weight excluding hydrogens is 369 g/mol. The lowest BCUT2D eigenvalue weighted by atomic mass is 10.2. The first-order valence-corrected chi connectivity index (χ1v) is 8.44. The van der Waals surface area contributed by atoms with Crippen LogP contribution < -0.4 is 9.64 Å². The fourth-order valence-electron chi connectivity index (χ4n) is 2.20. The molecule has 0 saturated carbocycles. The number of benzene rings is 2. The molecule has 2 aromatic rings. The first kappa shape index (κ1) is 16.9. The van der Waals surface area contributed by atoms with Crippen LogP contribution in [0.3, 0.4) is 0 Å². The van der Waals surface area contributed by atoms with Crippen LogP contribution in [0.25, 0.3) is 6.08 Å². The van der Waals surface area contributed by atoms with Gasteiger partial charge < -0.3 is 4.74 Å². The molecule has 0 aromatic heterocycles. The zero-order chi connectivity index (χ0) is 17.3. The second-order valence-corrected chi connectivity index (χ2v) is 6.66. The quantitative estimate of drug-likeness (QED) is 0.683. The molecule has 0 unspecified atom stereocenters. The van der Waals surface area contributed by atoms with Crippen molar-refractivity contribution in [1.29, 1.82) is 0 Å². The molecule has 1 aliphatic rings. The lowest BCUT2D eigenvalue weighted by molar-refractivity contribution is -0.113. The molecule has 0 bridgehead atoms. The van der Waals surface area contributed by atoms with E-state index >= 15 is 0 Å². The standard InChI is InChI=1S/C17H11Cl2NO3S/c1-23-11-7-5-10(6-8-11)20-16(21)15(24-17(20)22)9-12-13(18)3-2-4-14(12)19/h2-9H,1H3. The first-order chi connectivity index (χ1) is 11.5. The molecule has 1 heterocycles. The van der Waals surface area contributed by atoms with Gasteiger partial charge in [0.2, 0.25) is 0 Å². The summed E-state index contributed by atoms with van der Waals surface area (Å²) in [7, 11) is 1.55. The molecule has 1 aliphatic heterocycles. The first-order valence-electron chi connectivity index (χ1n) is 6.87. The van der Waals surface area contributed by atoms with Gasteiger partial charge in [0.15, 0.2) is 0 Å². The number of hydrogen-bond acceptors (Lipinski definition) is 4. The molecular formula is C17H11Cl2NO3S. The molecule has 1 saturated heterocycles. The van der Waals surface area contributed by atoms with E-state index in [0.717, 1.165) is 16.7 Å². The van der Waals surface area contributed by atoms with Gasteiger partial charge in [0, 0.05) is 15.6 Å². The number of anilines is 1. The lowest BCUT2D eigenvalue weighted by Crippen LogP contribution is -2.27. The highest BCUT2D eigenvalue weighted by atomic mass is 35.5. The van der Waals surface area contributed by atoms with Crippen molar-refractivity contribution in [3.05, 3.63) is 63.0 Å². The van der Waals surface area contributed by atoms with E-state index in [0.29, 0.717) is 27.0 Å². The van der Waals surface area contributed by atoms with E-state index in [-0.39, 0.29) is 10.1 Å². The van der Waals surface area contributed by atoms with E-state index in [1.165, 1.54) is 0 Å². The zero-order valence-electron chi connectivity index (χ0n) is 12.5. The molecule has 4 nitrogen and oxygen atoms in total. The van der Waals surface area contributed by atoms with Crippen molar-refractivity contribution >= 4 is 57.9 Å². The number of halogens is 2. The number of rotatable bonds is 3. The summed E-state index contributed by atoms with van der Waals surface area (Å²) in [5, 5.41) is 0.456. The van der Waals surface area contributed by atoms with Crippen molar-refractivity contribution in [2.24, 2.45) is 0 Å². The van der Waals surface area contributed by atoms with E-state index < -0.39 is 5.91 Å². The summed E-state index contributed by atoms with van der Waals surface area (Å²) in [5.41, 5.74) is 0.994. The summed E-state index contributed by atoms with van der Waals surface area (Å²) in [5.74, 6) is 0.232. The van der Waals surface area contributed by atoms with Crippen molar-refractivity contribution in [3.8, 4) is 5.75 Å². The van der Waals surface area contributed by atoms with Crippen LogP contribution in [0.1, 0.15) is 5.56 Å². The van der Waals surface area contributed by atoms with Crippen LogP contribution in [0.4, 0.5) is 10.5 Å². The van der Waals surface area contributed by atoms with Crippen molar-refractivity contribution in [2.45, 2.75) is 0 Å². The Morgan fingerprint density at radius 3 is 2.25 bits per heavy atom. The topological polar surface area (TPSA) is 46.6 Å². The predicted octanol–water partition coefficient (Wildman–Crippen LogP) is 5.24. The monoisotopic (exact) mass is 379 g/mol. The van der Waals surface area contributed by atoms with Gasteiger partial charge in [0.25, 0.3) is 11.1 Å². The second kappa shape index (κ2) is 6.89. The van der Waals surface area contributed by atoms with Gasteiger partial charge in [-0.15, -0.1) is 0 Å². The highest BCUT2D eigenvalue weighted by Gasteiger charge is 2.36. The molecule has 0 N–H and O–H groups in total. The minimum absolute atomic E-state index is 0.269. The normalized spacial score (nSPS) is 16.1. The smallest absolute Gasteiger partial charge is 0.298 e.